The van der Waals surface area contributed by atoms with Crippen LogP contribution in [-0.2, 0) is 5.60 Å². The number of rotatable bonds is 3. The smallest absolute Gasteiger partial charge is 0.133 e. The van der Waals surface area contributed by atoms with E-state index in [1.165, 1.54) is 26.2 Å². The van der Waals surface area contributed by atoms with Crippen LogP contribution in [0.15, 0.2) is 42.5 Å². The maximum Gasteiger partial charge on any atom is 0.133 e. The Morgan fingerprint density at radius 3 is 2.47 bits per heavy atom. The van der Waals surface area contributed by atoms with Crippen LogP contribution in [0.5, 0.6) is 5.75 Å². The lowest BCUT2D eigenvalue weighted by molar-refractivity contribution is 0.0946. The van der Waals surface area contributed by atoms with Crippen LogP contribution >= 0.6 is 11.6 Å². The van der Waals surface area contributed by atoms with Crippen LogP contribution in [0.1, 0.15) is 18.1 Å². The normalized spacial score (nSPS) is 13.9. The Morgan fingerprint density at radius 1 is 1.16 bits per heavy atom. The molecule has 100 valence electrons. The molecule has 2 rings (SSSR count). The van der Waals surface area contributed by atoms with Gasteiger partial charge in [-0.25, -0.2) is 4.39 Å². The lowest BCUT2D eigenvalue weighted by Crippen LogP contribution is -2.25. The highest BCUT2D eigenvalue weighted by atomic mass is 35.5. The molecule has 0 fully saturated rings. The Labute approximate surface area is 116 Å². The molecule has 0 heterocycles. The van der Waals surface area contributed by atoms with Crippen LogP contribution in [0.4, 0.5) is 4.39 Å². The number of benzene rings is 2. The number of methoxy groups -OCH3 is 1. The van der Waals surface area contributed by atoms with Crippen LogP contribution in [0.2, 0.25) is 5.02 Å². The number of halogens is 2. The zero-order chi connectivity index (χ0) is 14.0. The topological polar surface area (TPSA) is 29.5 Å². The Kier molecular flexibility index (Phi) is 3.78. The molecule has 2 nitrogen and oxygen atoms in total. The van der Waals surface area contributed by atoms with Crippen LogP contribution in [0, 0.1) is 5.82 Å². The van der Waals surface area contributed by atoms with Gasteiger partial charge in [0, 0.05) is 10.6 Å². The molecule has 0 aliphatic heterocycles. The number of aliphatic hydroxyl groups is 1. The van der Waals surface area contributed by atoms with Crippen molar-refractivity contribution in [1.82, 2.24) is 0 Å². The molecule has 2 aromatic rings. The molecule has 1 N–H and O–H groups in total. The Morgan fingerprint density at radius 2 is 1.84 bits per heavy atom. The van der Waals surface area contributed by atoms with Gasteiger partial charge in [-0.3, -0.25) is 0 Å². The summed E-state index contributed by atoms with van der Waals surface area (Å²) in [5, 5.41) is 11.1. The minimum atomic E-state index is -1.57. The van der Waals surface area contributed by atoms with E-state index in [2.05, 4.69) is 0 Å². The van der Waals surface area contributed by atoms with Crippen molar-refractivity contribution in [1.29, 1.82) is 0 Å². The van der Waals surface area contributed by atoms with E-state index >= 15 is 0 Å². The first-order valence-electron chi connectivity index (χ1n) is 5.79. The molecule has 0 bridgehead atoms. The molecule has 1 atom stereocenters. The minimum Gasteiger partial charge on any atom is -0.496 e. The van der Waals surface area contributed by atoms with Gasteiger partial charge in [-0.15, -0.1) is 0 Å². The first-order valence-corrected chi connectivity index (χ1v) is 6.16. The lowest BCUT2D eigenvalue weighted by Gasteiger charge is -2.27. The van der Waals surface area contributed by atoms with Crippen molar-refractivity contribution in [3.05, 3.63) is 64.4 Å². The summed E-state index contributed by atoms with van der Waals surface area (Å²) < 4.78 is 19.2. The second kappa shape index (κ2) is 5.19. The lowest BCUT2D eigenvalue weighted by atomic mass is 9.87. The first kappa shape index (κ1) is 13.8. The first-order chi connectivity index (χ1) is 8.98. The second-order valence-corrected chi connectivity index (χ2v) is 4.78. The van der Waals surface area contributed by atoms with Gasteiger partial charge in [0.1, 0.15) is 17.2 Å². The highest BCUT2D eigenvalue weighted by Crippen LogP contribution is 2.39. The molecule has 0 aromatic heterocycles. The Hall–Kier alpha value is -1.58. The van der Waals surface area contributed by atoms with Gasteiger partial charge in [-0.05, 0) is 25.1 Å². The van der Waals surface area contributed by atoms with E-state index in [-0.39, 0.29) is 11.3 Å². The van der Waals surface area contributed by atoms with Crippen molar-refractivity contribution in [3.8, 4) is 5.75 Å². The van der Waals surface area contributed by atoms with E-state index in [9.17, 15) is 9.50 Å². The molecule has 0 saturated heterocycles. The average molecular weight is 281 g/mol. The van der Waals surface area contributed by atoms with Crippen molar-refractivity contribution in [3.63, 3.8) is 0 Å². The zero-order valence-corrected chi connectivity index (χ0v) is 11.4. The van der Waals surface area contributed by atoms with Crippen LogP contribution < -0.4 is 4.74 Å². The summed E-state index contributed by atoms with van der Waals surface area (Å²) in [5.74, 6) is -0.255. The van der Waals surface area contributed by atoms with Gasteiger partial charge in [0.15, 0.2) is 0 Å². The molecule has 0 amide bonds. The monoisotopic (exact) mass is 280 g/mol. The van der Waals surface area contributed by atoms with Gasteiger partial charge in [0.25, 0.3) is 0 Å². The Bertz CT molecular complexity index is 596. The van der Waals surface area contributed by atoms with Gasteiger partial charge in [-0.2, -0.15) is 0 Å². The molecule has 19 heavy (non-hydrogen) atoms. The highest BCUT2D eigenvalue weighted by Gasteiger charge is 2.33. The molecule has 4 heteroatoms. The standard InChI is InChI=1S/C15H14ClFO2/c1-15(18,10-6-3-4-7-11(10)16)14-12(17)8-5-9-13(14)19-2/h3-9,18H,1-2H3. The van der Waals surface area contributed by atoms with Gasteiger partial charge < -0.3 is 9.84 Å². The molecule has 0 spiro atoms. The van der Waals surface area contributed by atoms with Gasteiger partial charge >= 0.3 is 0 Å². The fourth-order valence-electron chi connectivity index (χ4n) is 2.14. The molecule has 0 radical (unpaired) electrons. The molecular formula is C15H14ClFO2. The Balaban J connectivity index is 2.66. The van der Waals surface area contributed by atoms with Crippen LogP contribution in [0.25, 0.3) is 0 Å². The summed E-state index contributed by atoms with van der Waals surface area (Å²) in [5.41, 5.74) is -1.07. The van der Waals surface area contributed by atoms with E-state index < -0.39 is 11.4 Å². The molecule has 0 aliphatic rings. The molecule has 0 saturated carbocycles. The molecule has 0 aliphatic carbocycles. The number of hydrogen-bond donors (Lipinski definition) is 1. The van der Waals surface area contributed by atoms with Crippen molar-refractivity contribution in [2.24, 2.45) is 0 Å². The molecular weight excluding hydrogens is 267 g/mol. The summed E-state index contributed by atoms with van der Waals surface area (Å²) in [6, 6.07) is 11.2. The summed E-state index contributed by atoms with van der Waals surface area (Å²) >= 11 is 6.08. The third-order valence-corrected chi connectivity index (χ3v) is 3.41. The number of hydrogen-bond acceptors (Lipinski definition) is 2. The molecule has 2 aromatic carbocycles. The SMILES string of the molecule is COc1cccc(F)c1C(C)(O)c1ccccc1Cl. The largest absolute Gasteiger partial charge is 0.496 e. The molecule has 1 unspecified atom stereocenters. The third-order valence-electron chi connectivity index (χ3n) is 3.08. The summed E-state index contributed by atoms with van der Waals surface area (Å²) in [7, 11) is 1.43. The minimum absolute atomic E-state index is 0.0746. The summed E-state index contributed by atoms with van der Waals surface area (Å²) in [6.45, 7) is 1.50. The summed E-state index contributed by atoms with van der Waals surface area (Å²) in [6.07, 6.45) is 0. The van der Waals surface area contributed by atoms with Crippen molar-refractivity contribution in [2.45, 2.75) is 12.5 Å². The maximum atomic E-state index is 14.1. The average Bonchev–Trinajstić information content (AvgIpc) is 2.38. The van der Waals surface area contributed by atoms with E-state index in [1.54, 1.807) is 30.3 Å². The quantitative estimate of drug-likeness (QED) is 0.928. The van der Waals surface area contributed by atoms with Gasteiger partial charge in [0.2, 0.25) is 0 Å². The van der Waals surface area contributed by atoms with Crippen LogP contribution in [-0.4, -0.2) is 12.2 Å². The van der Waals surface area contributed by atoms with Gasteiger partial charge in [0.05, 0.1) is 12.7 Å². The number of ether oxygens (including phenoxy) is 1. The highest BCUT2D eigenvalue weighted by molar-refractivity contribution is 6.31. The van der Waals surface area contributed by atoms with Crippen LogP contribution in [0.3, 0.4) is 0 Å². The fourth-order valence-corrected chi connectivity index (χ4v) is 2.46. The summed E-state index contributed by atoms with van der Waals surface area (Å²) in [4.78, 5) is 0. The van der Waals surface area contributed by atoms with Crippen molar-refractivity contribution in [2.75, 3.05) is 7.11 Å². The van der Waals surface area contributed by atoms with Crippen molar-refractivity contribution >= 4 is 11.6 Å². The van der Waals surface area contributed by atoms with E-state index in [0.717, 1.165) is 0 Å². The second-order valence-electron chi connectivity index (χ2n) is 4.37. The van der Waals surface area contributed by atoms with E-state index in [1.807, 2.05) is 0 Å². The predicted octanol–water partition coefficient (Wildman–Crippen LogP) is 3.74. The zero-order valence-electron chi connectivity index (χ0n) is 10.7. The fraction of sp³-hybridized carbons (Fsp3) is 0.200. The van der Waals surface area contributed by atoms with Crippen molar-refractivity contribution < 1.29 is 14.2 Å². The predicted molar refractivity (Wildman–Crippen MR) is 73.1 cm³/mol. The van der Waals surface area contributed by atoms with E-state index in [0.29, 0.717) is 10.6 Å². The maximum absolute atomic E-state index is 14.1. The third kappa shape index (κ3) is 2.44. The van der Waals surface area contributed by atoms with E-state index in [4.69, 9.17) is 16.3 Å². The van der Waals surface area contributed by atoms with Gasteiger partial charge in [-0.1, -0.05) is 35.9 Å².